The first-order chi connectivity index (χ1) is 9.28. The first-order valence-corrected chi connectivity index (χ1v) is 10.7. The molecule has 19 heavy (non-hydrogen) atoms. The minimum absolute atomic E-state index is 0.482. The summed E-state index contributed by atoms with van der Waals surface area (Å²) in [6.45, 7) is 14.7. The summed E-state index contributed by atoms with van der Waals surface area (Å²) in [7, 11) is 0. The second-order valence-electron chi connectivity index (χ2n) is 5.49. The van der Waals surface area contributed by atoms with Gasteiger partial charge in [-0.3, -0.25) is 0 Å². The molecule has 0 aliphatic carbocycles. The van der Waals surface area contributed by atoms with E-state index in [1.807, 2.05) is 0 Å². The van der Waals surface area contributed by atoms with E-state index in [0.717, 1.165) is 0 Å². The van der Waals surface area contributed by atoms with Gasteiger partial charge < -0.3 is 0 Å². The molecule has 0 N–H and O–H groups in total. The first kappa shape index (κ1) is 19.8. The predicted octanol–water partition coefficient (Wildman–Crippen LogP) is 4.70. The van der Waals surface area contributed by atoms with Gasteiger partial charge in [0.25, 0.3) is 0 Å². The minimum atomic E-state index is -0.482. The maximum absolute atomic E-state index is 2.85. The molecular formula is C16H36N2Zr. The molecule has 0 aromatic carbocycles. The second kappa shape index (κ2) is 15.2. The van der Waals surface area contributed by atoms with E-state index in [9.17, 15) is 0 Å². The summed E-state index contributed by atoms with van der Waals surface area (Å²) in [4.78, 5) is 0. The second-order valence-corrected chi connectivity index (χ2v) is 9.09. The van der Waals surface area contributed by atoms with E-state index in [2.05, 4.69) is 33.4 Å². The molecule has 0 aromatic rings. The summed E-state index contributed by atoms with van der Waals surface area (Å²) in [6, 6.07) is 0. The molecule has 0 unspecified atom stereocenters. The molecule has 3 heteroatoms. The Hall–Kier alpha value is 0.803. The van der Waals surface area contributed by atoms with Crippen molar-refractivity contribution >= 4 is 0 Å². The third-order valence-electron chi connectivity index (χ3n) is 3.41. The molecule has 0 aromatic heterocycles. The molecule has 0 atom stereocenters. The van der Waals surface area contributed by atoms with Crippen LogP contribution in [0.1, 0.15) is 79.1 Å². The van der Waals surface area contributed by atoms with Gasteiger partial charge in [-0.1, -0.05) is 0 Å². The normalized spacial score (nSPS) is 11.5. The van der Waals surface area contributed by atoms with E-state index in [-0.39, 0.29) is 0 Å². The molecule has 0 spiro atoms. The van der Waals surface area contributed by atoms with Gasteiger partial charge in [0.05, 0.1) is 0 Å². The Kier molecular flexibility index (Phi) is 15.8. The van der Waals surface area contributed by atoms with Gasteiger partial charge in [-0.05, 0) is 0 Å². The first-order valence-electron chi connectivity index (χ1n) is 8.54. The molecule has 0 saturated carbocycles. The Bertz CT molecular complexity index is 142. The molecule has 0 saturated heterocycles. The van der Waals surface area contributed by atoms with Crippen LogP contribution in [0.25, 0.3) is 0 Å². The van der Waals surface area contributed by atoms with Crippen molar-refractivity contribution in [2.75, 3.05) is 26.2 Å². The van der Waals surface area contributed by atoms with Gasteiger partial charge in [0.15, 0.2) is 0 Å². The van der Waals surface area contributed by atoms with Crippen LogP contribution in [0.5, 0.6) is 0 Å². The topological polar surface area (TPSA) is 6.48 Å². The average molecular weight is 348 g/mol. The van der Waals surface area contributed by atoms with Crippen LogP contribution < -0.4 is 0 Å². The Morgan fingerprint density at radius 1 is 0.526 bits per heavy atom. The van der Waals surface area contributed by atoms with Gasteiger partial charge in [-0.2, -0.15) is 0 Å². The number of hydrogen-bond acceptors (Lipinski definition) is 2. The summed E-state index contributed by atoms with van der Waals surface area (Å²) in [5.41, 5.74) is 0. The van der Waals surface area contributed by atoms with Crippen molar-refractivity contribution in [2.45, 2.75) is 79.1 Å². The summed E-state index contributed by atoms with van der Waals surface area (Å²) >= 11 is -0.482. The van der Waals surface area contributed by atoms with E-state index in [4.69, 9.17) is 0 Å². The van der Waals surface area contributed by atoms with Gasteiger partial charge in [0.2, 0.25) is 0 Å². The molecule has 0 aliphatic heterocycles. The third-order valence-corrected chi connectivity index (χ3v) is 7.00. The summed E-state index contributed by atoms with van der Waals surface area (Å²) in [5.74, 6) is 0. The molecule has 0 amide bonds. The monoisotopic (exact) mass is 346 g/mol. The number of nitrogens with zero attached hydrogens (tertiary/aromatic N) is 2. The van der Waals surface area contributed by atoms with Crippen molar-refractivity contribution in [2.24, 2.45) is 0 Å². The fraction of sp³-hybridized carbons (Fsp3) is 1.00. The van der Waals surface area contributed by atoms with E-state index < -0.39 is 23.8 Å². The SMILES string of the molecule is CCCC[N](CCCC)[Zr][N](CCCC)CCCC. The summed E-state index contributed by atoms with van der Waals surface area (Å²) in [6.07, 6.45) is 10.9. The third kappa shape index (κ3) is 12.3. The van der Waals surface area contributed by atoms with E-state index >= 15 is 0 Å². The predicted molar refractivity (Wildman–Crippen MR) is 82.8 cm³/mol. The van der Waals surface area contributed by atoms with Crippen LogP contribution in [0, 0.1) is 0 Å². The molecule has 0 radical (unpaired) electrons. The number of rotatable bonds is 14. The molecule has 0 rings (SSSR count). The Morgan fingerprint density at radius 2 is 0.789 bits per heavy atom. The zero-order chi connectivity index (χ0) is 14.3. The van der Waals surface area contributed by atoms with Gasteiger partial charge >= 0.3 is 135 Å². The van der Waals surface area contributed by atoms with Crippen LogP contribution in [0.2, 0.25) is 0 Å². The van der Waals surface area contributed by atoms with Gasteiger partial charge in [-0.25, -0.2) is 0 Å². The average Bonchev–Trinajstić information content (AvgIpc) is 2.44. The standard InChI is InChI=1S/2C8H18N.Zr/c2*1-3-5-7-9-8-6-4-2;/h2*3-8H2,1-2H3;/q2*-1;+2. The van der Waals surface area contributed by atoms with Crippen molar-refractivity contribution in [3.63, 3.8) is 0 Å². The molecule has 0 heterocycles. The quantitative estimate of drug-likeness (QED) is 0.449. The molecular weight excluding hydrogens is 311 g/mol. The molecule has 0 bridgehead atoms. The van der Waals surface area contributed by atoms with E-state index in [1.54, 1.807) is 0 Å². The van der Waals surface area contributed by atoms with Crippen LogP contribution in [-0.2, 0) is 23.8 Å². The van der Waals surface area contributed by atoms with E-state index in [1.165, 1.54) is 77.5 Å². The van der Waals surface area contributed by atoms with Crippen molar-refractivity contribution in [3.05, 3.63) is 0 Å². The van der Waals surface area contributed by atoms with Gasteiger partial charge in [0.1, 0.15) is 0 Å². The van der Waals surface area contributed by atoms with E-state index in [0.29, 0.717) is 0 Å². The molecule has 0 aliphatic rings. The van der Waals surface area contributed by atoms with Crippen molar-refractivity contribution in [3.8, 4) is 0 Å². The van der Waals surface area contributed by atoms with Crippen LogP contribution in [0.15, 0.2) is 0 Å². The molecule has 0 fully saturated rings. The molecule has 114 valence electrons. The maximum atomic E-state index is 2.85. The summed E-state index contributed by atoms with van der Waals surface area (Å²) < 4.78 is 5.70. The van der Waals surface area contributed by atoms with Crippen LogP contribution in [0.3, 0.4) is 0 Å². The summed E-state index contributed by atoms with van der Waals surface area (Å²) in [5, 5.41) is 0. The zero-order valence-electron chi connectivity index (χ0n) is 13.9. The van der Waals surface area contributed by atoms with Crippen molar-refractivity contribution in [1.29, 1.82) is 0 Å². The Balaban J connectivity index is 4.16. The Labute approximate surface area is 134 Å². The number of unbranched alkanes of at least 4 members (excludes halogenated alkanes) is 4. The van der Waals surface area contributed by atoms with Crippen LogP contribution >= 0.6 is 0 Å². The molecule has 2 nitrogen and oxygen atoms in total. The van der Waals surface area contributed by atoms with Crippen molar-refractivity contribution < 1.29 is 23.8 Å². The van der Waals surface area contributed by atoms with Crippen LogP contribution in [0.4, 0.5) is 0 Å². The van der Waals surface area contributed by atoms with Gasteiger partial charge in [-0.15, -0.1) is 0 Å². The zero-order valence-corrected chi connectivity index (χ0v) is 16.3. The van der Waals surface area contributed by atoms with Gasteiger partial charge in [0, 0.05) is 0 Å². The fourth-order valence-electron chi connectivity index (χ4n) is 2.02. The Morgan fingerprint density at radius 3 is 1.00 bits per heavy atom. The van der Waals surface area contributed by atoms with Crippen molar-refractivity contribution in [1.82, 2.24) is 5.69 Å². The fourth-order valence-corrected chi connectivity index (χ4v) is 5.54. The van der Waals surface area contributed by atoms with Crippen LogP contribution in [-0.4, -0.2) is 31.9 Å². The number of hydrogen-bond donors (Lipinski definition) is 0.